The Balaban J connectivity index is 1.48. The molecule has 0 fully saturated rings. The van der Waals surface area contributed by atoms with Gasteiger partial charge in [0, 0.05) is 24.5 Å². The number of aryl methyl sites for hydroxylation is 1. The highest BCUT2D eigenvalue weighted by molar-refractivity contribution is 7.13. The number of carbonyl (C=O) groups is 1. The summed E-state index contributed by atoms with van der Waals surface area (Å²) in [6.07, 6.45) is 5.54. The third-order valence-electron chi connectivity index (χ3n) is 4.31. The van der Waals surface area contributed by atoms with Gasteiger partial charge >= 0.3 is 0 Å². The van der Waals surface area contributed by atoms with Crippen molar-refractivity contribution in [1.82, 2.24) is 30.4 Å². The fourth-order valence-corrected chi connectivity index (χ4v) is 3.68. The molecule has 4 heterocycles. The normalized spacial score (nSPS) is 10.9. The Bertz CT molecular complexity index is 1060. The number of nitrogens with one attached hydrogen (secondary N) is 1. The molecule has 1 amide bonds. The van der Waals surface area contributed by atoms with Crippen LogP contribution in [-0.2, 0) is 17.8 Å². The quantitative estimate of drug-likeness (QED) is 0.517. The lowest BCUT2D eigenvalue weighted by molar-refractivity contribution is -0.120. The van der Waals surface area contributed by atoms with Crippen LogP contribution in [0.2, 0.25) is 0 Å². The van der Waals surface area contributed by atoms with Crippen molar-refractivity contribution in [3.8, 4) is 21.7 Å². The first-order valence-corrected chi connectivity index (χ1v) is 9.65. The van der Waals surface area contributed by atoms with Crippen molar-refractivity contribution in [2.24, 2.45) is 0 Å². The molecule has 0 saturated heterocycles. The summed E-state index contributed by atoms with van der Waals surface area (Å²) in [4.78, 5) is 17.4. The summed E-state index contributed by atoms with van der Waals surface area (Å²) in [6, 6.07) is 8.02. The van der Waals surface area contributed by atoms with E-state index in [0.717, 1.165) is 21.7 Å². The van der Waals surface area contributed by atoms with Crippen LogP contribution in [0.4, 0.5) is 0 Å². The number of aromatic nitrogens is 5. The highest BCUT2D eigenvalue weighted by atomic mass is 32.1. The molecule has 0 spiro atoms. The van der Waals surface area contributed by atoms with Crippen molar-refractivity contribution in [2.75, 3.05) is 6.54 Å². The summed E-state index contributed by atoms with van der Waals surface area (Å²) < 4.78 is 6.55. The minimum atomic E-state index is -0.127. The fraction of sp³-hybridized carbons (Fsp3) is 0.211. The average molecular weight is 394 g/mol. The van der Waals surface area contributed by atoms with E-state index in [2.05, 4.69) is 36.4 Å². The minimum Gasteiger partial charge on any atom is -0.354 e. The summed E-state index contributed by atoms with van der Waals surface area (Å²) in [6.45, 7) is 2.77. The number of rotatable bonds is 7. The molecular weight excluding hydrogens is 376 g/mol. The molecule has 0 aliphatic rings. The van der Waals surface area contributed by atoms with Gasteiger partial charge in [-0.15, -0.1) is 11.3 Å². The average Bonchev–Trinajstić information content (AvgIpc) is 3.44. The van der Waals surface area contributed by atoms with Gasteiger partial charge < -0.3 is 5.32 Å². The number of nitrogens with zero attached hydrogens (tertiary/aromatic N) is 5. The van der Waals surface area contributed by atoms with Crippen LogP contribution in [-0.4, -0.2) is 37.5 Å². The van der Waals surface area contributed by atoms with Gasteiger partial charge in [0.15, 0.2) is 0 Å². The van der Waals surface area contributed by atoms with E-state index in [1.165, 1.54) is 0 Å². The third-order valence-corrected chi connectivity index (χ3v) is 5.18. The smallest absolute Gasteiger partial charge is 0.226 e. The van der Waals surface area contributed by atoms with Gasteiger partial charge in [0.1, 0.15) is 11.4 Å². The van der Waals surface area contributed by atoms with Gasteiger partial charge in [0.05, 0.1) is 29.7 Å². The van der Waals surface area contributed by atoms with E-state index in [0.29, 0.717) is 24.5 Å². The summed E-state index contributed by atoms with van der Waals surface area (Å²) >= 11 is 1.66. The first-order valence-electron chi connectivity index (χ1n) is 8.77. The van der Waals surface area contributed by atoms with Crippen molar-refractivity contribution in [3.63, 3.8) is 0 Å². The van der Waals surface area contributed by atoms with Gasteiger partial charge in [-0.2, -0.15) is 5.10 Å². The van der Waals surface area contributed by atoms with Crippen LogP contribution >= 0.6 is 11.3 Å². The van der Waals surface area contributed by atoms with E-state index >= 15 is 0 Å². The number of thiophene rings is 1. The Hall–Kier alpha value is -3.33. The number of carbonyl (C=O) groups excluding carboxylic acids is 1. The molecular formula is C19H18N6O2S. The van der Waals surface area contributed by atoms with Crippen LogP contribution in [0.1, 0.15) is 11.4 Å². The lowest BCUT2D eigenvalue weighted by Gasteiger charge is -2.09. The zero-order valence-electron chi connectivity index (χ0n) is 15.2. The monoisotopic (exact) mass is 394 g/mol. The Morgan fingerprint density at radius 2 is 2.11 bits per heavy atom. The Labute approximate surface area is 165 Å². The number of hydrogen-bond donors (Lipinski definition) is 1. The van der Waals surface area contributed by atoms with Crippen molar-refractivity contribution in [1.29, 1.82) is 0 Å². The first-order chi connectivity index (χ1) is 13.7. The van der Waals surface area contributed by atoms with Crippen molar-refractivity contribution in [2.45, 2.75) is 19.9 Å². The number of amides is 1. The van der Waals surface area contributed by atoms with Crippen molar-refractivity contribution < 1.29 is 9.42 Å². The lowest BCUT2D eigenvalue weighted by atomic mass is 10.1. The molecule has 0 aromatic carbocycles. The SMILES string of the molecule is Cc1nonc1CC(=O)NCCn1ncc(-c2ccncc2)c1-c1cccs1. The largest absolute Gasteiger partial charge is 0.354 e. The van der Waals surface area contributed by atoms with E-state index in [1.54, 1.807) is 30.7 Å². The summed E-state index contributed by atoms with van der Waals surface area (Å²) in [5.41, 5.74) is 4.31. The molecule has 0 radical (unpaired) electrons. The van der Waals surface area contributed by atoms with Crippen LogP contribution in [0.3, 0.4) is 0 Å². The number of pyridine rings is 1. The molecule has 0 bridgehead atoms. The topological polar surface area (TPSA) is 98.7 Å². The Morgan fingerprint density at radius 1 is 1.25 bits per heavy atom. The predicted octanol–water partition coefficient (Wildman–Crippen LogP) is 2.72. The second-order valence-corrected chi connectivity index (χ2v) is 7.11. The van der Waals surface area contributed by atoms with E-state index in [9.17, 15) is 4.79 Å². The number of hydrogen-bond acceptors (Lipinski definition) is 7. The molecule has 142 valence electrons. The van der Waals surface area contributed by atoms with Crippen LogP contribution in [0.15, 0.2) is 52.9 Å². The highest BCUT2D eigenvalue weighted by Crippen LogP contribution is 2.34. The zero-order valence-corrected chi connectivity index (χ0v) is 16.0. The molecule has 0 saturated carbocycles. The van der Waals surface area contributed by atoms with Gasteiger partial charge in [0.2, 0.25) is 5.91 Å². The van der Waals surface area contributed by atoms with Gasteiger partial charge in [-0.3, -0.25) is 14.5 Å². The van der Waals surface area contributed by atoms with Crippen LogP contribution in [0.5, 0.6) is 0 Å². The van der Waals surface area contributed by atoms with Gasteiger partial charge in [-0.05, 0) is 36.1 Å². The fourth-order valence-electron chi connectivity index (χ4n) is 2.90. The molecule has 28 heavy (non-hydrogen) atoms. The molecule has 0 aliphatic carbocycles. The van der Waals surface area contributed by atoms with E-state index in [1.807, 2.05) is 34.5 Å². The Morgan fingerprint density at radius 3 is 2.82 bits per heavy atom. The van der Waals surface area contributed by atoms with Crippen LogP contribution in [0.25, 0.3) is 21.7 Å². The van der Waals surface area contributed by atoms with E-state index in [-0.39, 0.29) is 12.3 Å². The van der Waals surface area contributed by atoms with Crippen molar-refractivity contribution >= 4 is 17.2 Å². The molecule has 4 rings (SSSR count). The molecule has 9 heteroatoms. The minimum absolute atomic E-state index is 0.127. The molecule has 0 aliphatic heterocycles. The van der Waals surface area contributed by atoms with Crippen LogP contribution < -0.4 is 5.32 Å². The lowest BCUT2D eigenvalue weighted by Crippen LogP contribution is -2.29. The molecule has 1 N–H and O–H groups in total. The maximum Gasteiger partial charge on any atom is 0.226 e. The molecule has 0 unspecified atom stereocenters. The second-order valence-electron chi connectivity index (χ2n) is 6.17. The third kappa shape index (κ3) is 3.84. The molecule has 0 atom stereocenters. The maximum atomic E-state index is 12.1. The maximum absolute atomic E-state index is 12.1. The zero-order chi connectivity index (χ0) is 19.3. The van der Waals surface area contributed by atoms with Gasteiger partial charge in [-0.1, -0.05) is 16.4 Å². The van der Waals surface area contributed by atoms with Crippen molar-refractivity contribution in [3.05, 3.63) is 59.6 Å². The summed E-state index contributed by atoms with van der Waals surface area (Å²) in [5.74, 6) is -0.127. The highest BCUT2D eigenvalue weighted by Gasteiger charge is 2.16. The summed E-state index contributed by atoms with van der Waals surface area (Å²) in [5, 5.41) is 16.9. The Kier molecular flexibility index (Phi) is 5.24. The second kappa shape index (κ2) is 8.13. The van der Waals surface area contributed by atoms with Gasteiger partial charge in [0.25, 0.3) is 0 Å². The molecule has 4 aromatic rings. The first kappa shape index (κ1) is 18.1. The summed E-state index contributed by atoms with van der Waals surface area (Å²) in [7, 11) is 0. The molecule has 4 aromatic heterocycles. The standard InChI is InChI=1S/C19H18N6O2S/c1-13-16(24-27-23-13)11-18(26)21-8-9-25-19(17-3-2-10-28-17)15(12-22-25)14-4-6-20-7-5-14/h2-7,10,12H,8-9,11H2,1H3,(H,21,26). The van der Waals surface area contributed by atoms with E-state index < -0.39 is 0 Å². The predicted molar refractivity (Wildman–Crippen MR) is 105 cm³/mol. The van der Waals surface area contributed by atoms with Crippen LogP contribution in [0, 0.1) is 6.92 Å². The van der Waals surface area contributed by atoms with Gasteiger partial charge in [-0.25, -0.2) is 4.63 Å². The molecule has 8 nitrogen and oxygen atoms in total. The van der Waals surface area contributed by atoms with E-state index in [4.69, 9.17) is 0 Å².